The average molecular weight is 212 g/mol. The summed E-state index contributed by atoms with van der Waals surface area (Å²) in [5.41, 5.74) is 0. The van der Waals surface area contributed by atoms with Crippen molar-refractivity contribution in [3.63, 3.8) is 0 Å². The highest BCUT2D eigenvalue weighted by Crippen LogP contribution is 1.99. The molecule has 0 saturated carbocycles. The number of carbonyl (C=O) groups excluding carboxylic acids is 1. The highest BCUT2D eigenvalue weighted by Gasteiger charge is 2.08. The number of carbonyl (C=O) groups is 1. The maximum Gasteiger partial charge on any atom is 0.243 e. The average Bonchev–Trinajstić information content (AvgIpc) is 2.29. The minimum absolute atomic E-state index is 0.0821. The van der Waals surface area contributed by atoms with Crippen molar-refractivity contribution in [3.8, 4) is 0 Å². The zero-order valence-corrected chi connectivity index (χ0v) is 9.21. The Bertz CT molecular complexity index is 201. The summed E-state index contributed by atoms with van der Waals surface area (Å²) in [5, 5.41) is 2.77. The maximum absolute atomic E-state index is 10.8. The Morgan fingerprint density at radius 3 is 2.80 bits per heavy atom. The van der Waals surface area contributed by atoms with Crippen LogP contribution in [0.1, 0.15) is 12.8 Å². The van der Waals surface area contributed by atoms with Gasteiger partial charge in [-0.3, -0.25) is 9.69 Å². The first kappa shape index (κ1) is 12.2. The van der Waals surface area contributed by atoms with Gasteiger partial charge in [0.2, 0.25) is 5.91 Å². The third kappa shape index (κ3) is 5.54. The Morgan fingerprint density at radius 1 is 1.40 bits per heavy atom. The zero-order valence-electron chi connectivity index (χ0n) is 9.21. The van der Waals surface area contributed by atoms with Crippen molar-refractivity contribution in [1.29, 1.82) is 0 Å². The van der Waals surface area contributed by atoms with E-state index in [4.69, 9.17) is 4.74 Å². The van der Waals surface area contributed by atoms with Crippen molar-refractivity contribution in [3.05, 3.63) is 12.7 Å². The lowest BCUT2D eigenvalue weighted by Gasteiger charge is -2.26. The van der Waals surface area contributed by atoms with Crippen molar-refractivity contribution in [2.45, 2.75) is 12.8 Å². The van der Waals surface area contributed by atoms with Crippen LogP contribution in [0.2, 0.25) is 0 Å². The van der Waals surface area contributed by atoms with Gasteiger partial charge in [0, 0.05) is 19.6 Å². The molecule has 1 saturated heterocycles. The molecule has 1 fully saturated rings. The van der Waals surface area contributed by atoms with Gasteiger partial charge in [-0.2, -0.15) is 0 Å². The van der Waals surface area contributed by atoms with Crippen LogP contribution in [0.5, 0.6) is 0 Å². The van der Waals surface area contributed by atoms with Crippen LogP contribution >= 0.6 is 0 Å². The van der Waals surface area contributed by atoms with Gasteiger partial charge in [-0.1, -0.05) is 6.58 Å². The van der Waals surface area contributed by atoms with E-state index >= 15 is 0 Å². The van der Waals surface area contributed by atoms with Crippen LogP contribution in [0.25, 0.3) is 0 Å². The second-order valence-electron chi connectivity index (χ2n) is 3.66. The van der Waals surface area contributed by atoms with Crippen LogP contribution in [0.15, 0.2) is 12.7 Å². The van der Waals surface area contributed by atoms with Crippen molar-refractivity contribution >= 4 is 5.91 Å². The van der Waals surface area contributed by atoms with Crippen molar-refractivity contribution < 1.29 is 9.53 Å². The van der Waals surface area contributed by atoms with E-state index in [1.807, 2.05) is 0 Å². The molecule has 1 rings (SSSR count). The molecule has 1 aliphatic heterocycles. The van der Waals surface area contributed by atoms with Gasteiger partial charge in [0.25, 0.3) is 0 Å². The topological polar surface area (TPSA) is 41.6 Å². The number of ether oxygens (including phenoxy) is 1. The van der Waals surface area contributed by atoms with Crippen molar-refractivity contribution in [2.24, 2.45) is 0 Å². The number of amides is 1. The summed E-state index contributed by atoms with van der Waals surface area (Å²) in [6.07, 6.45) is 3.45. The first-order valence-corrected chi connectivity index (χ1v) is 5.53. The van der Waals surface area contributed by atoms with Gasteiger partial charge in [-0.05, 0) is 25.5 Å². The molecule has 0 spiro atoms. The van der Waals surface area contributed by atoms with Crippen LogP contribution in [0.3, 0.4) is 0 Å². The van der Waals surface area contributed by atoms with Crippen molar-refractivity contribution in [1.82, 2.24) is 10.2 Å². The Balaban J connectivity index is 1.91. The lowest BCUT2D eigenvalue weighted by Crippen LogP contribution is -2.37. The number of morpholine rings is 1. The predicted molar refractivity (Wildman–Crippen MR) is 59.7 cm³/mol. The molecular formula is C11H20N2O2. The van der Waals surface area contributed by atoms with E-state index in [0.29, 0.717) is 0 Å². The largest absolute Gasteiger partial charge is 0.379 e. The molecule has 1 N–H and O–H groups in total. The van der Waals surface area contributed by atoms with E-state index in [2.05, 4.69) is 16.8 Å². The fourth-order valence-electron chi connectivity index (χ4n) is 1.57. The van der Waals surface area contributed by atoms with E-state index in [0.717, 1.165) is 52.2 Å². The number of nitrogens with one attached hydrogen (secondary N) is 1. The second kappa shape index (κ2) is 7.43. The normalized spacial score (nSPS) is 17.3. The Kier molecular flexibility index (Phi) is 6.04. The van der Waals surface area contributed by atoms with Gasteiger partial charge in [0.1, 0.15) is 0 Å². The molecule has 4 nitrogen and oxygen atoms in total. The van der Waals surface area contributed by atoms with Crippen LogP contribution < -0.4 is 5.32 Å². The number of nitrogens with zero attached hydrogens (tertiary/aromatic N) is 1. The molecule has 0 aromatic heterocycles. The molecule has 4 heteroatoms. The minimum atomic E-state index is -0.0821. The summed E-state index contributed by atoms with van der Waals surface area (Å²) in [4.78, 5) is 13.2. The molecule has 0 aromatic carbocycles. The fourth-order valence-corrected chi connectivity index (χ4v) is 1.57. The van der Waals surface area contributed by atoms with E-state index in [-0.39, 0.29) is 5.91 Å². The fraction of sp³-hybridized carbons (Fsp3) is 0.727. The molecule has 1 heterocycles. The van der Waals surface area contributed by atoms with Crippen molar-refractivity contribution in [2.75, 3.05) is 39.4 Å². The van der Waals surface area contributed by atoms with Gasteiger partial charge in [0.15, 0.2) is 0 Å². The summed E-state index contributed by atoms with van der Waals surface area (Å²) < 4.78 is 5.26. The monoisotopic (exact) mass is 212 g/mol. The second-order valence-corrected chi connectivity index (χ2v) is 3.66. The maximum atomic E-state index is 10.8. The Hall–Kier alpha value is -0.870. The molecule has 0 aromatic rings. The highest BCUT2D eigenvalue weighted by atomic mass is 16.5. The molecule has 0 unspecified atom stereocenters. The Morgan fingerprint density at radius 2 is 2.13 bits per heavy atom. The molecule has 0 atom stereocenters. The first-order valence-electron chi connectivity index (χ1n) is 5.53. The Labute approximate surface area is 91.3 Å². The molecule has 1 amide bonds. The van der Waals surface area contributed by atoms with Crippen LogP contribution in [-0.4, -0.2) is 50.2 Å². The van der Waals surface area contributed by atoms with E-state index in [9.17, 15) is 4.79 Å². The van der Waals surface area contributed by atoms with E-state index < -0.39 is 0 Å². The summed E-state index contributed by atoms with van der Waals surface area (Å²) >= 11 is 0. The minimum Gasteiger partial charge on any atom is -0.379 e. The number of hydrogen-bond donors (Lipinski definition) is 1. The van der Waals surface area contributed by atoms with E-state index in [1.54, 1.807) is 0 Å². The highest BCUT2D eigenvalue weighted by molar-refractivity contribution is 5.86. The number of unbranched alkanes of at least 4 members (excludes halogenated alkanes) is 1. The number of hydrogen-bond acceptors (Lipinski definition) is 3. The summed E-state index contributed by atoms with van der Waals surface area (Å²) in [6, 6.07) is 0. The smallest absolute Gasteiger partial charge is 0.243 e. The van der Waals surface area contributed by atoms with Crippen LogP contribution in [0.4, 0.5) is 0 Å². The van der Waals surface area contributed by atoms with Crippen LogP contribution in [-0.2, 0) is 9.53 Å². The third-order valence-corrected chi connectivity index (χ3v) is 2.49. The first-order chi connectivity index (χ1) is 7.33. The summed E-state index contributed by atoms with van der Waals surface area (Å²) in [5.74, 6) is -0.0821. The lowest BCUT2D eigenvalue weighted by molar-refractivity contribution is -0.116. The standard InChI is InChI=1S/C11H20N2O2/c1-2-11(14)12-5-3-4-6-13-7-9-15-10-8-13/h2H,1,3-10H2,(H,12,14). The van der Waals surface area contributed by atoms with Gasteiger partial charge in [0.05, 0.1) is 13.2 Å². The third-order valence-electron chi connectivity index (χ3n) is 2.49. The summed E-state index contributed by atoms with van der Waals surface area (Å²) in [6.45, 7) is 9.04. The van der Waals surface area contributed by atoms with Gasteiger partial charge >= 0.3 is 0 Å². The number of rotatable bonds is 6. The van der Waals surface area contributed by atoms with E-state index in [1.165, 1.54) is 6.08 Å². The molecule has 0 radical (unpaired) electrons. The lowest BCUT2D eigenvalue weighted by atomic mass is 10.2. The quantitative estimate of drug-likeness (QED) is 0.512. The molecular weight excluding hydrogens is 192 g/mol. The van der Waals surface area contributed by atoms with Gasteiger partial charge < -0.3 is 10.1 Å². The molecule has 86 valence electrons. The van der Waals surface area contributed by atoms with Crippen LogP contribution in [0, 0.1) is 0 Å². The van der Waals surface area contributed by atoms with Gasteiger partial charge in [-0.25, -0.2) is 0 Å². The predicted octanol–water partition coefficient (Wildman–Crippen LogP) is 0.401. The summed E-state index contributed by atoms with van der Waals surface area (Å²) in [7, 11) is 0. The molecule has 1 aliphatic rings. The molecule has 0 bridgehead atoms. The SMILES string of the molecule is C=CC(=O)NCCCCN1CCOCC1. The molecule has 15 heavy (non-hydrogen) atoms. The van der Waals surface area contributed by atoms with Gasteiger partial charge in [-0.15, -0.1) is 0 Å². The zero-order chi connectivity index (χ0) is 10.9. The molecule has 0 aliphatic carbocycles.